The number of hydrogen-bond acceptors (Lipinski definition) is 2. The fourth-order valence-electron chi connectivity index (χ4n) is 1.56. The highest BCUT2D eigenvalue weighted by Gasteiger charge is 2.04. The van der Waals surface area contributed by atoms with Crippen LogP contribution < -0.4 is 5.73 Å². The van der Waals surface area contributed by atoms with Crippen molar-refractivity contribution in [2.45, 2.75) is 12.8 Å². The van der Waals surface area contributed by atoms with Crippen molar-refractivity contribution in [3.8, 4) is 5.69 Å². The summed E-state index contributed by atoms with van der Waals surface area (Å²) in [7, 11) is 0. The van der Waals surface area contributed by atoms with Crippen LogP contribution in [0.5, 0.6) is 0 Å². The van der Waals surface area contributed by atoms with E-state index in [0.717, 1.165) is 18.4 Å². The van der Waals surface area contributed by atoms with E-state index in [4.69, 9.17) is 5.73 Å². The Hall–Kier alpha value is -1.68. The number of nitrogens with zero attached hydrogens (tertiary/aromatic N) is 2. The summed E-state index contributed by atoms with van der Waals surface area (Å²) < 4.78 is 15.0. The lowest BCUT2D eigenvalue weighted by molar-refractivity contribution is 0.611. The van der Waals surface area contributed by atoms with Crippen molar-refractivity contribution in [3.05, 3.63) is 48.0 Å². The third-order valence-electron chi connectivity index (χ3n) is 2.40. The molecule has 1 aromatic heterocycles. The molecule has 0 unspecified atom stereocenters. The Bertz CT molecular complexity index is 465. The van der Waals surface area contributed by atoms with Crippen LogP contribution in [0.4, 0.5) is 4.39 Å². The normalized spacial score (nSPS) is 10.6. The standard InChI is InChI=1S/C12H14FN3/c13-11-5-1-2-6-12(11)16-9-10(8-15-16)4-3-7-14/h1-2,5-6,8-9H,3-4,7,14H2. The fraction of sp³-hybridized carbons (Fsp3) is 0.250. The van der Waals surface area contributed by atoms with Gasteiger partial charge in [-0.05, 0) is 37.1 Å². The van der Waals surface area contributed by atoms with Crippen molar-refractivity contribution >= 4 is 0 Å². The molecule has 0 saturated carbocycles. The zero-order valence-electron chi connectivity index (χ0n) is 8.94. The van der Waals surface area contributed by atoms with Crippen LogP contribution in [0, 0.1) is 5.82 Å². The monoisotopic (exact) mass is 219 g/mol. The summed E-state index contributed by atoms with van der Waals surface area (Å²) in [5.41, 5.74) is 6.98. The third kappa shape index (κ3) is 2.28. The highest BCUT2D eigenvalue weighted by Crippen LogP contribution is 2.13. The van der Waals surface area contributed by atoms with Crippen LogP contribution in [0.25, 0.3) is 5.69 Å². The Labute approximate surface area is 93.7 Å². The maximum absolute atomic E-state index is 13.5. The number of benzene rings is 1. The second kappa shape index (κ2) is 4.90. The van der Waals surface area contributed by atoms with Crippen molar-refractivity contribution in [1.29, 1.82) is 0 Å². The summed E-state index contributed by atoms with van der Waals surface area (Å²) in [4.78, 5) is 0. The van der Waals surface area contributed by atoms with E-state index in [9.17, 15) is 4.39 Å². The molecular formula is C12H14FN3. The molecule has 0 atom stereocenters. The molecule has 84 valence electrons. The van der Waals surface area contributed by atoms with Gasteiger partial charge in [-0.2, -0.15) is 5.10 Å². The summed E-state index contributed by atoms with van der Waals surface area (Å²) in [6, 6.07) is 6.59. The number of rotatable bonds is 4. The van der Waals surface area contributed by atoms with Gasteiger partial charge in [-0.25, -0.2) is 9.07 Å². The average molecular weight is 219 g/mol. The second-order valence-electron chi connectivity index (χ2n) is 3.64. The molecule has 0 bridgehead atoms. The molecule has 16 heavy (non-hydrogen) atoms. The number of hydrogen-bond donors (Lipinski definition) is 1. The molecule has 1 heterocycles. The molecule has 2 N–H and O–H groups in total. The van der Waals surface area contributed by atoms with E-state index in [0.29, 0.717) is 12.2 Å². The third-order valence-corrected chi connectivity index (χ3v) is 2.40. The summed E-state index contributed by atoms with van der Waals surface area (Å²) in [6.07, 6.45) is 5.39. The van der Waals surface area contributed by atoms with Crippen molar-refractivity contribution in [3.63, 3.8) is 0 Å². The molecule has 0 aliphatic carbocycles. The number of aromatic nitrogens is 2. The van der Waals surface area contributed by atoms with E-state index in [2.05, 4.69) is 5.10 Å². The minimum Gasteiger partial charge on any atom is -0.330 e. The quantitative estimate of drug-likeness (QED) is 0.853. The molecule has 0 spiro atoms. The SMILES string of the molecule is NCCCc1cnn(-c2ccccc2F)c1. The molecule has 0 fully saturated rings. The van der Waals surface area contributed by atoms with E-state index < -0.39 is 0 Å². The van der Waals surface area contributed by atoms with E-state index >= 15 is 0 Å². The van der Waals surface area contributed by atoms with Gasteiger partial charge in [-0.1, -0.05) is 12.1 Å². The predicted octanol–water partition coefficient (Wildman–Crippen LogP) is 1.90. The molecule has 0 saturated heterocycles. The Morgan fingerprint density at radius 3 is 2.88 bits per heavy atom. The van der Waals surface area contributed by atoms with Gasteiger partial charge in [0.2, 0.25) is 0 Å². The van der Waals surface area contributed by atoms with E-state index in [1.54, 1.807) is 29.1 Å². The van der Waals surface area contributed by atoms with E-state index in [1.165, 1.54) is 6.07 Å². The van der Waals surface area contributed by atoms with Crippen molar-refractivity contribution in [2.24, 2.45) is 5.73 Å². The zero-order chi connectivity index (χ0) is 11.4. The Morgan fingerprint density at radius 2 is 2.12 bits per heavy atom. The van der Waals surface area contributed by atoms with Crippen molar-refractivity contribution in [1.82, 2.24) is 9.78 Å². The largest absolute Gasteiger partial charge is 0.330 e. The number of para-hydroxylation sites is 1. The van der Waals surface area contributed by atoms with Gasteiger partial charge in [0.25, 0.3) is 0 Å². The van der Waals surface area contributed by atoms with Crippen molar-refractivity contribution < 1.29 is 4.39 Å². The molecular weight excluding hydrogens is 205 g/mol. The number of aryl methyl sites for hydroxylation is 1. The maximum Gasteiger partial charge on any atom is 0.148 e. The van der Waals surface area contributed by atoms with Gasteiger partial charge in [0, 0.05) is 6.20 Å². The van der Waals surface area contributed by atoms with Crippen LogP contribution >= 0.6 is 0 Å². The Kier molecular flexibility index (Phi) is 3.31. The van der Waals surface area contributed by atoms with Crippen LogP contribution in [0.2, 0.25) is 0 Å². The van der Waals surface area contributed by atoms with Crippen LogP contribution in [0.3, 0.4) is 0 Å². The molecule has 0 aliphatic rings. The first-order chi connectivity index (χ1) is 7.81. The zero-order valence-corrected chi connectivity index (χ0v) is 8.94. The van der Waals surface area contributed by atoms with Gasteiger partial charge in [0.1, 0.15) is 11.5 Å². The lowest BCUT2D eigenvalue weighted by atomic mass is 10.2. The van der Waals surface area contributed by atoms with Gasteiger partial charge in [-0.3, -0.25) is 0 Å². The highest BCUT2D eigenvalue weighted by molar-refractivity contribution is 5.32. The van der Waals surface area contributed by atoms with Crippen molar-refractivity contribution in [2.75, 3.05) is 6.54 Å². The van der Waals surface area contributed by atoms with Gasteiger partial charge < -0.3 is 5.73 Å². The number of nitrogens with two attached hydrogens (primary N) is 1. The lowest BCUT2D eigenvalue weighted by Crippen LogP contribution is -2.00. The van der Waals surface area contributed by atoms with E-state index in [-0.39, 0.29) is 5.82 Å². The molecule has 1 aromatic carbocycles. The summed E-state index contributed by atoms with van der Waals surface area (Å²) >= 11 is 0. The first-order valence-electron chi connectivity index (χ1n) is 5.30. The molecule has 0 radical (unpaired) electrons. The van der Waals surface area contributed by atoms with Gasteiger partial charge in [-0.15, -0.1) is 0 Å². The first-order valence-corrected chi connectivity index (χ1v) is 5.30. The summed E-state index contributed by atoms with van der Waals surface area (Å²) in [6.45, 7) is 0.658. The van der Waals surface area contributed by atoms with Gasteiger partial charge >= 0.3 is 0 Å². The Balaban J connectivity index is 2.22. The first kappa shape index (κ1) is 10.8. The topological polar surface area (TPSA) is 43.8 Å². The van der Waals surface area contributed by atoms with Crippen LogP contribution in [0.1, 0.15) is 12.0 Å². The summed E-state index contributed by atoms with van der Waals surface area (Å²) in [5.74, 6) is -0.268. The van der Waals surface area contributed by atoms with Crippen LogP contribution in [-0.4, -0.2) is 16.3 Å². The minimum atomic E-state index is -0.268. The summed E-state index contributed by atoms with van der Waals surface area (Å²) in [5, 5.41) is 4.14. The predicted molar refractivity (Wildman–Crippen MR) is 60.9 cm³/mol. The van der Waals surface area contributed by atoms with Gasteiger partial charge in [0.05, 0.1) is 6.20 Å². The van der Waals surface area contributed by atoms with E-state index in [1.807, 2.05) is 6.20 Å². The fourth-order valence-corrected chi connectivity index (χ4v) is 1.56. The average Bonchev–Trinajstić information content (AvgIpc) is 2.75. The maximum atomic E-state index is 13.5. The molecule has 2 aromatic rings. The molecule has 4 heteroatoms. The molecule has 2 rings (SSSR count). The van der Waals surface area contributed by atoms with Gasteiger partial charge in [0.15, 0.2) is 0 Å². The molecule has 3 nitrogen and oxygen atoms in total. The highest BCUT2D eigenvalue weighted by atomic mass is 19.1. The number of halogens is 1. The molecule has 0 amide bonds. The smallest absolute Gasteiger partial charge is 0.148 e. The van der Waals surface area contributed by atoms with Crippen LogP contribution in [-0.2, 0) is 6.42 Å². The molecule has 0 aliphatic heterocycles. The van der Waals surface area contributed by atoms with Crippen LogP contribution in [0.15, 0.2) is 36.7 Å². The Morgan fingerprint density at radius 1 is 1.31 bits per heavy atom. The minimum absolute atomic E-state index is 0.268. The lowest BCUT2D eigenvalue weighted by Gasteiger charge is -2.01. The second-order valence-corrected chi connectivity index (χ2v) is 3.64.